The number of carbonyl (C=O) groups excluding carboxylic acids is 1. The molecule has 0 bridgehead atoms. The highest BCUT2D eigenvalue weighted by Gasteiger charge is 2.27. The maximum atomic E-state index is 11.8. The lowest BCUT2D eigenvalue weighted by molar-refractivity contribution is 0.0531. The number of hydrogen-bond acceptors (Lipinski definition) is 3. The van der Waals surface area contributed by atoms with Gasteiger partial charge < -0.3 is 15.3 Å². The summed E-state index contributed by atoms with van der Waals surface area (Å²) in [4.78, 5) is 15.7. The van der Waals surface area contributed by atoms with E-state index < -0.39 is 5.60 Å². The molecule has 1 aliphatic carbocycles. The van der Waals surface area contributed by atoms with Gasteiger partial charge in [0.25, 0.3) is 0 Å². The molecule has 106 valence electrons. The van der Waals surface area contributed by atoms with Crippen LogP contribution in [0.3, 0.4) is 0 Å². The fourth-order valence-corrected chi connectivity index (χ4v) is 2.13. The van der Waals surface area contributed by atoms with Gasteiger partial charge >= 0.3 is 6.03 Å². The number of hydrogen-bond donors (Lipinski definition) is 2. The average Bonchev–Trinajstić information content (AvgIpc) is 3.05. The number of rotatable bonds is 7. The fourth-order valence-electron chi connectivity index (χ4n) is 2.13. The molecule has 1 fully saturated rings. The van der Waals surface area contributed by atoms with Gasteiger partial charge in [0, 0.05) is 26.2 Å². The lowest BCUT2D eigenvalue weighted by atomic mass is 10.1. The minimum Gasteiger partial charge on any atom is -0.389 e. The first-order chi connectivity index (χ1) is 8.33. The van der Waals surface area contributed by atoms with Crippen LogP contribution in [0.15, 0.2) is 0 Å². The molecule has 1 rings (SSSR count). The van der Waals surface area contributed by atoms with Crippen LogP contribution in [-0.4, -0.2) is 65.8 Å². The summed E-state index contributed by atoms with van der Waals surface area (Å²) in [6.07, 6.45) is 2.58. The largest absolute Gasteiger partial charge is 0.389 e. The Morgan fingerprint density at radius 2 is 2.06 bits per heavy atom. The van der Waals surface area contributed by atoms with Crippen molar-refractivity contribution in [2.75, 3.05) is 33.2 Å². The molecular weight excluding hydrogens is 230 g/mol. The van der Waals surface area contributed by atoms with Crippen LogP contribution in [0.4, 0.5) is 4.79 Å². The molecule has 0 aliphatic heterocycles. The van der Waals surface area contributed by atoms with E-state index in [0.29, 0.717) is 13.1 Å². The highest BCUT2D eigenvalue weighted by atomic mass is 16.3. The topological polar surface area (TPSA) is 55.8 Å². The maximum Gasteiger partial charge on any atom is 0.317 e. The second kappa shape index (κ2) is 6.38. The van der Waals surface area contributed by atoms with Gasteiger partial charge in [-0.3, -0.25) is 4.90 Å². The molecule has 1 aliphatic rings. The molecule has 0 aromatic carbocycles. The van der Waals surface area contributed by atoms with Gasteiger partial charge in [0.1, 0.15) is 0 Å². The van der Waals surface area contributed by atoms with E-state index in [1.807, 2.05) is 0 Å². The van der Waals surface area contributed by atoms with E-state index in [0.717, 1.165) is 19.1 Å². The van der Waals surface area contributed by atoms with Crippen molar-refractivity contribution < 1.29 is 9.90 Å². The highest BCUT2D eigenvalue weighted by molar-refractivity contribution is 5.73. The van der Waals surface area contributed by atoms with Gasteiger partial charge in [-0.15, -0.1) is 0 Å². The molecular formula is C13H27N3O2. The number of urea groups is 1. The van der Waals surface area contributed by atoms with Crippen molar-refractivity contribution in [3.63, 3.8) is 0 Å². The van der Waals surface area contributed by atoms with Gasteiger partial charge in [-0.1, -0.05) is 6.92 Å². The lowest BCUT2D eigenvalue weighted by Gasteiger charge is -2.26. The Balaban J connectivity index is 2.19. The van der Waals surface area contributed by atoms with Gasteiger partial charge in [-0.2, -0.15) is 0 Å². The number of nitrogens with zero attached hydrogens (tertiary/aromatic N) is 2. The van der Waals surface area contributed by atoms with E-state index in [2.05, 4.69) is 17.1 Å². The Morgan fingerprint density at radius 3 is 2.50 bits per heavy atom. The van der Waals surface area contributed by atoms with Gasteiger partial charge in [-0.05, 0) is 33.2 Å². The Hall–Kier alpha value is -0.810. The number of carbonyl (C=O) groups is 1. The maximum absolute atomic E-state index is 11.8. The predicted molar refractivity (Wildman–Crippen MR) is 72.6 cm³/mol. The number of nitrogens with one attached hydrogen (secondary N) is 1. The van der Waals surface area contributed by atoms with Crippen LogP contribution < -0.4 is 5.32 Å². The molecule has 0 unspecified atom stereocenters. The molecule has 5 nitrogen and oxygen atoms in total. The van der Waals surface area contributed by atoms with Crippen LogP contribution in [0.1, 0.15) is 33.6 Å². The molecule has 2 N–H and O–H groups in total. The monoisotopic (exact) mass is 257 g/mol. The summed E-state index contributed by atoms with van der Waals surface area (Å²) in [6.45, 7) is 8.49. The van der Waals surface area contributed by atoms with Crippen LogP contribution in [0, 0.1) is 0 Å². The van der Waals surface area contributed by atoms with E-state index in [9.17, 15) is 9.90 Å². The normalized spacial score (nSPS) is 15.9. The molecule has 0 spiro atoms. The Bertz CT molecular complexity index is 272. The Labute approximate surface area is 110 Å². The SMILES string of the molecule is CCN(CCNC(=O)N(C)CC(C)(C)O)C1CC1. The summed E-state index contributed by atoms with van der Waals surface area (Å²) in [6, 6.07) is 0.616. The van der Waals surface area contributed by atoms with Gasteiger partial charge in [0.05, 0.1) is 12.1 Å². The predicted octanol–water partition coefficient (Wildman–Crippen LogP) is 0.883. The van der Waals surface area contributed by atoms with Crippen LogP contribution >= 0.6 is 0 Å². The molecule has 5 heteroatoms. The third kappa shape index (κ3) is 5.69. The molecule has 0 saturated heterocycles. The summed E-state index contributed by atoms with van der Waals surface area (Å²) < 4.78 is 0. The zero-order valence-corrected chi connectivity index (χ0v) is 12.1. The van der Waals surface area contributed by atoms with E-state index in [1.165, 1.54) is 17.7 Å². The summed E-state index contributed by atoms with van der Waals surface area (Å²) in [5.41, 5.74) is -0.852. The van der Waals surface area contributed by atoms with E-state index in [4.69, 9.17) is 0 Å². The molecule has 0 radical (unpaired) electrons. The van der Waals surface area contributed by atoms with Crippen LogP contribution in [0.2, 0.25) is 0 Å². The fraction of sp³-hybridized carbons (Fsp3) is 0.923. The zero-order chi connectivity index (χ0) is 13.8. The van der Waals surface area contributed by atoms with Crippen LogP contribution in [0.25, 0.3) is 0 Å². The van der Waals surface area contributed by atoms with Crippen molar-refractivity contribution in [1.82, 2.24) is 15.1 Å². The first-order valence-corrected chi connectivity index (χ1v) is 6.79. The standard InChI is InChI=1S/C13H27N3O2/c1-5-16(11-6-7-11)9-8-14-12(17)15(4)10-13(2,3)18/h11,18H,5-10H2,1-4H3,(H,14,17). The third-order valence-corrected chi connectivity index (χ3v) is 3.12. The van der Waals surface area contributed by atoms with Crippen molar-refractivity contribution in [3.8, 4) is 0 Å². The minimum absolute atomic E-state index is 0.121. The Kier molecular flexibility index (Phi) is 5.41. The molecule has 2 amide bonds. The van der Waals surface area contributed by atoms with Crippen molar-refractivity contribution >= 4 is 6.03 Å². The highest BCUT2D eigenvalue weighted by Crippen LogP contribution is 2.25. The molecule has 1 saturated carbocycles. The lowest BCUT2D eigenvalue weighted by Crippen LogP contribution is -2.46. The van der Waals surface area contributed by atoms with Crippen molar-refractivity contribution in [1.29, 1.82) is 0 Å². The molecule has 0 atom stereocenters. The summed E-state index contributed by atoms with van der Waals surface area (Å²) >= 11 is 0. The quantitative estimate of drug-likeness (QED) is 0.712. The number of amides is 2. The van der Waals surface area contributed by atoms with Crippen LogP contribution in [-0.2, 0) is 0 Å². The van der Waals surface area contributed by atoms with E-state index in [-0.39, 0.29) is 6.03 Å². The van der Waals surface area contributed by atoms with Gasteiger partial charge in [0.2, 0.25) is 0 Å². The Morgan fingerprint density at radius 1 is 1.44 bits per heavy atom. The molecule has 0 aromatic rings. The smallest absolute Gasteiger partial charge is 0.317 e. The molecule has 18 heavy (non-hydrogen) atoms. The summed E-state index contributed by atoms with van der Waals surface area (Å²) in [7, 11) is 1.70. The molecule has 0 heterocycles. The van der Waals surface area contributed by atoms with E-state index in [1.54, 1.807) is 20.9 Å². The second-order valence-corrected chi connectivity index (χ2v) is 5.76. The zero-order valence-electron chi connectivity index (χ0n) is 12.1. The minimum atomic E-state index is -0.852. The van der Waals surface area contributed by atoms with Crippen molar-refractivity contribution in [3.05, 3.63) is 0 Å². The third-order valence-electron chi connectivity index (χ3n) is 3.12. The summed E-state index contributed by atoms with van der Waals surface area (Å²) in [5, 5.41) is 12.5. The van der Waals surface area contributed by atoms with Crippen LogP contribution in [0.5, 0.6) is 0 Å². The van der Waals surface area contributed by atoms with E-state index >= 15 is 0 Å². The first kappa shape index (κ1) is 15.2. The van der Waals surface area contributed by atoms with Gasteiger partial charge in [0.15, 0.2) is 0 Å². The number of aliphatic hydroxyl groups is 1. The summed E-state index contributed by atoms with van der Waals surface area (Å²) in [5.74, 6) is 0. The second-order valence-electron chi connectivity index (χ2n) is 5.76. The van der Waals surface area contributed by atoms with Crippen molar-refractivity contribution in [2.45, 2.75) is 45.3 Å². The van der Waals surface area contributed by atoms with Crippen molar-refractivity contribution in [2.24, 2.45) is 0 Å². The van der Waals surface area contributed by atoms with Gasteiger partial charge in [-0.25, -0.2) is 4.79 Å². The first-order valence-electron chi connectivity index (χ1n) is 6.79. The average molecular weight is 257 g/mol. The molecule has 0 aromatic heterocycles. The number of likely N-dealkylation sites (N-methyl/N-ethyl adjacent to an activating group) is 2.